The molecule has 0 aliphatic rings. The summed E-state index contributed by atoms with van der Waals surface area (Å²) in [6.07, 6.45) is -1.28. The highest BCUT2D eigenvalue weighted by Gasteiger charge is 2.39. The molecule has 3 nitrogen and oxygen atoms in total. The second-order valence-corrected chi connectivity index (χ2v) is 11.4. The lowest BCUT2D eigenvalue weighted by atomic mass is 10.4. The van der Waals surface area contributed by atoms with Crippen molar-refractivity contribution in [3.05, 3.63) is 83.5 Å². The quantitative estimate of drug-likeness (QED) is 0.289. The van der Waals surface area contributed by atoms with E-state index >= 15 is 0 Å². The summed E-state index contributed by atoms with van der Waals surface area (Å²) in [5.41, 5.74) is 0. The predicted octanol–water partition coefficient (Wildman–Crippen LogP) is 7.39. The van der Waals surface area contributed by atoms with Crippen molar-refractivity contribution in [2.45, 2.75) is 14.7 Å². The van der Waals surface area contributed by atoms with E-state index in [1.165, 1.54) is 0 Å². The summed E-state index contributed by atoms with van der Waals surface area (Å²) in [5, 5.41) is 9.66. The highest BCUT2D eigenvalue weighted by molar-refractivity contribution is 14.1. The minimum absolute atomic E-state index is 0.852. The molecule has 3 aromatic rings. The van der Waals surface area contributed by atoms with Crippen LogP contribution in [0.3, 0.4) is 0 Å². The first kappa shape index (κ1) is 20.2. The maximum Gasteiger partial charge on any atom is 0.517 e. The number of carboxylic acid groups (broad SMARTS) is 1. The van der Waals surface area contributed by atoms with Crippen molar-refractivity contribution in [1.29, 1.82) is 0 Å². The Hall–Kier alpha value is -0.530. The average Bonchev–Trinajstić information content (AvgIpc) is 2.61. The average molecular weight is 702 g/mol. The van der Waals surface area contributed by atoms with Crippen molar-refractivity contribution in [3.8, 4) is 0 Å². The lowest BCUT2D eigenvalue weighted by molar-refractivity contribution is 0.150. The standard InChI is InChI=1S/C19H13I3O3S/c20-13-11-16(21)18(17(22)12-13)26(25-19(23)24,14-7-3-1-4-8-14)15-9-5-2-6-10-15/h1-12H,(H,23,24). The molecule has 1 N–H and O–H groups in total. The third-order valence-corrected chi connectivity index (χ3v) is 9.93. The topological polar surface area (TPSA) is 46.5 Å². The second kappa shape index (κ2) is 8.65. The van der Waals surface area contributed by atoms with Gasteiger partial charge >= 0.3 is 6.16 Å². The van der Waals surface area contributed by atoms with Gasteiger partial charge < -0.3 is 9.29 Å². The fraction of sp³-hybridized carbons (Fsp3) is 0. The Balaban J connectivity index is 2.44. The molecule has 0 spiro atoms. The Morgan fingerprint density at radius 2 is 1.23 bits per heavy atom. The molecule has 0 unspecified atom stereocenters. The molecule has 0 radical (unpaired) electrons. The molecular weight excluding hydrogens is 689 g/mol. The van der Waals surface area contributed by atoms with Gasteiger partial charge in [0.25, 0.3) is 0 Å². The molecule has 0 atom stereocenters. The van der Waals surface area contributed by atoms with Crippen molar-refractivity contribution < 1.29 is 14.1 Å². The Kier molecular flexibility index (Phi) is 6.73. The zero-order valence-electron chi connectivity index (χ0n) is 13.2. The predicted molar refractivity (Wildman–Crippen MR) is 129 cm³/mol. The minimum atomic E-state index is -2.43. The fourth-order valence-electron chi connectivity index (χ4n) is 2.64. The van der Waals surface area contributed by atoms with Crippen LogP contribution in [-0.2, 0) is 4.18 Å². The van der Waals surface area contributed by atoms with Crippen LogP contribution in [0.1, 0.15) is 0 Å². The summed E-state index contributed by atoms with van der Waals surface area (Å²) in [7, 11) is -2.43. The van der Waals surface area contributed by atoms with Gasteiger partial charge in [-0.25, -0.2) is 4.79 Å². The van der Waals surface area contributed by atoms with Gasteiger partial charge in [0.1, 0.15) is 0 Å². The number of benzene rings is 3. The van der Waals surface area contributed by atoms with Crippen LogP contribution in [-0.4, -0.2) is 11.3 Å². The minimum Gasteiger partial charge on any atom is -0.449 e. The van der Waals surface area contributed by atoms with Crippen LogP contribution in [0.25, 0.3) is 0 Å². The molecule has 0 aliphatic heterocycles. The molecule has 0 saturated heterocycles. The van der Waals surface area contributed by atoms with Crippen molar-refractivity contribution in [1.82, 2.24) is 0 Å². The van der Waals surface area contributed by atoms with E-state index in [9.17, 15) is 9.90 Å². The van der Waals surface area contributed by atoms with Gasteiger partial charge in [-0.05, 0) is 114 Å². The summed E-state index contributed by atoms with van der Waals surface area (Å²) in [6.45, 7) is 0. The number of rotatable bonds is 4. The Bertz CT molecular complexity index is 871. The van der Waals surface area contributed by atoms with Gasteiger partial charge in [0, 0.05) is 20.5 Å². The monoisotopic (exact) mass is 702 g/mol. The van der Waals surface area contributed by atoms with E-state index in [-0.39, 0.29) is 0 Å². The Morgan fingerprint density at radius 1 is 0.808 bits per heavy atom. The van der Waals surface area contributed by atoms with Crippen molar-refractivity contribution >= 4 is 84.2 Å². The SMILES string of the molecule is O=C(O)OS(c1ccccc1)(c1ccccc1)c1c(I)cc(I)cc1I. The van der Waals surface area contributed by atoms with Gasteiger partial charge in [0.15, 0.2) is 0 Å². The first-order valence-corrected chi connectivity index (χ1v) is 12.2. The smallest absolute Gasteiger partial charge is 0.449 e. The van der Waals surface area contributed by atoms with Gasteiger partial charge in [-0.15, -0.1) is 0 Å². The fourth-order valence-corrected chi connectivity index (χ4v) is 11.1. The van der Waals surface area contributed by atoms with Crippen LogP contribution in [0.2, 0.25) is 0 Å². The van der Waals surface area contributed by atoms with Crippen LogP contribution in [0.5, 0.6) is 0 Å². The number of carbonyl (C=O) groups is 1. The van der Waals surface area contributed by atoms with E-state index in [1.54, 1.807) is 0 Å². The third kappa shape index (κ3) is 3.99. The van der Waals surface area contributed by atoms with Crippen LogP contribution >= 0.6 is 78.1 Å². The molecule has 0 saturated carbocycles. The summed E-state index contributed by atoms with van der Waals surface area (Å²) < 4.78 is 8.86. The van der Waals surface area contributed by atoms with E-state index in [1.807, 2.05) is 60.7 Å². The van der Waals surface area contributed by atoms with Crippen LogP contribution in [0.4, 0.5) is 4.79 Å². The maximum atomic E-state index is 11.8. The van der Waals surface area contributed by atoms with Crippen molar-refractivity contribution in [2.75, 3.05) is 0 Å². The molecule has 3 aromatic carbocycles. The second-order valence-electron chi connectivity index (χ2n) is 5.23. The summed E-state index contributed by atoms with van der Waals surface area (Å²) in [5.74, 6) is 0. The molecule has 0 aromatic heterocycles. The zero-order valence-corrected chi connectivity index (χ0v) is 20.5. The van der Waals surface area contributed by atoms with Gasteiger partial charge in [-0.1, -0.05) is 36.4 Å². The number of hydrogen-bond acceptors (Lipinski definition) is 2. The van der Waals surface area contributed by atoms with E-state index in [0.29, 0.717) is 0 Å². The highest BCUT2D eigenvalue weighted by Crippen LogP contribution is 2.70. The first-order valence-electron chi connectivity index (χ1n) is 7.45. The third-order valence-electron chi connectivity index (χ3n) is 3.60. The van der Waals surface area contributed by atoms with Crippen LogP contribution in [0, 0.1) is 10.7 Å². The molecular formula is C19H13I3O3S. The van der Waals surface area contributed by atoms with Gasteiger partial charge in [0.2, 0.25) is 0 Å². The zero-order chi connectivity index (χ0) is 18.7. The van der Waals surface area contributed by atoms with Crippen LogP contribution < -0.4 is 0 Å². The van der Waals surface area contributed by atoms with E-state index in [4.69, 9.17) is 4.18 Å². The van der Waals surface area contributed by atoms with Crippen molar-refractivity contribution in [3.63, 3.8) is 0 Å². The summed E-state index contributed by atoms with van der Waals surface area (Å²) >= 11 is 6.82. The van der Waals surface area contributed by atoms with E-state index in [2.05, 4.69) is 79.9 Å². The lowest BCUT2D eigenvalue weighted by Crippen LogP contribution is -2.14. The summed E-state index contributed by atoms with van der Waals surface area (Å²) in [6, 6.07) is 23.4. The van der Waals surface area contributed by atoms with E-state index in [0.717, 1.165) is 25.4 Å². The van der Waals surface area contributed by atoms with Gasteiger partial charge in [0.05, 0.1) is 4.90 Å². The molecule has 3 rings (SSSR count). The molecule has 0 aliphatic carbocycles. The first-order chi connectivity index (χ1) is 12.4. The Labute approximate surface area is 194 Å². The maximum absolute atomic E-state index is 11.8. The highest BCUT2D eigenvalue weighted by atomic mass is 127. The molecule has 0 heterocycles. The Morgan fingerprint density at radius 3 is 1.62 bits per heavy atom. The van der Waals surface area contributed by atoms with Crippen LogP contribution in [0.15, 0.2) is 87.5 Å². The van der Waals surface area contributed by atoms with Crippen molar-refractivity contribution in [2.24, 2.45) is 0 Å². The van der Waals surface area contributed by atoms with Gasteiger partial charge in [-0.2, -0.15) is 0 Å². The molecule has 26 heavy (non-hydrogen) atoms. The van der Waals surface area contributed by atoms with E-state index < -0.39 is 16.5 Å². The summed E-state index contributed by atoms with van der Waals surface area (Å²) in [4.78, 5) is 14.4. The molecule has 0 amide bonds. The normalized spacial score (nSPS) is 11.8. The number of hydrogen-bond donors (Lipinski definition) is 1. The molecule has 7 heteroatoms. The lowest BCUT2D eigenvalue weighted by Gasteiger charge is -2.39. The number of halogens is 3. The molecule has 0 bridgehead atoms. The molecule has 134 valence electrons. The van der Waals surface area contributed by atoms with Gasteiger partial charge in [-0.3, -0.25) is 0 Å². The molecule has 0 fully saturated rings. The largest absolute Gasteiger partial charge is 0.517 e.